The van der Waals surface area contributed by atoms with Gasteiger partial charge in [-0.25, -0.2) is 0 Å². The number of pyridine rings is 2. The molecule has 1 fully saturated rings. The molecule has 2 aromatic carbocycles. The van der Waals surface area contributed by atoms with Crippen molar-refractivity contribution >= 4 is 45.7 Å². The van der Waals surface area contributed by atoms with Crippen LogP contribution in [0.1, 0.15) is 37.4 Å². The smallest absolute Gasteiger partial charge is 0.270 e. The molecule has 4 aromatic rings. The average molecular weight is 547 g/mol. The van der Waals surface area contributed by atoms with Gasteiger partial charge in [0.25, 0.3) is 11.4 Å². The highest BCUT2D eigenvalue weighted by Crippen LogP contribution is 2.37. The molecule has 2 atom stereocenters. The first-order valence-corrected chi connectivity index (χ1v) is 13.5. The van der Waals surface area contributed by atoms with E-state index in [1.54, 1.807) is 23.7 Å². The molecule has 8 heteroatoms. The van der Waals surface area contributed by atoms with Crippen LogP contribution in [0.25, 0.3) is 15.9 Å². The molecular weight excluding hydrogens is 517 g/mol. The van der Waals surface area contributed by atoms with Gasteiger partial charge in [0, 0.05) is 48.3 Å². The summed E-state index contributed by atoms with van der Waals surface area (Å²) in [6, 6.07) is 21.6. The van der Waals surface area contributed by atoms with Crippen LogP contribution in [0.2, 0.25) is 10.0 Å². The van der Waals surface area contributed by atoms with Gasteiger partial charge in [-0.1, -0.05) is 61.0 Å². The van der Waals surface area contributed by atoms with E-state index in [4.69, 9.17) is 29.8 Å². The van der Waals surface area contributed by atoms with Gasteiger partial charge in [-0.2, -0.15) is 0 Å². The van der Waals surface area contributed by atoms with Gasteiger partial charge in [0.05, 0.1) is 17.2 Å². The number of halogens is 2. The van der Waals surface area contributed by atoms with E-state index in [1.807, 2.05) is 30.3 Å². The van der Waals surface area contributed by atoms with Gasteiger partial charge in [0.2, 0.25) is 5.52 Å². The van der Waals surface area contributed by atoms with Crippen LogP contribution < -0.4 is 10.5 Å². The number of anilines is 1. The Balaban J connectivity index is 1.58. The number of aromatic nitrogens is 2. The molecule has 0 N–H and O–H groups in total. The first-order valence-electron chi connectivity index (χ1n) is 12.7. The van der Waals surface area contributed by atoms with Crippen molar-refractivity contribution in [3.63, 3.8) is 0 Å². The Kier molecular flexibility index (Phi) is 7.45. The molecule has 2 aromatic heterocycles. The minimum Gasteiger partial charge on any atom is -0.362 e. The highest BCUT2D eigenvalue weighted by atomic mass is 35.5. The molecule has 0 amide bonds. The summed E-state index contributed by atoms with van der Waals surface area (Å²) in [6.07, 6.45) is 0.885. The topological polar surface area (TPSA) is 45.7 Å². The summed E-state index contributed by atoms with van der Waals surface area (Å²) in [5, 5.41) is 1.41. The number of fused-ring (bicyclic) bond motifs is 1. The van der Waals surface area contributed by atoms with E-state index in [-0.39, 0.29) is 23.7 Å². The molecule has 38 heavy (non-hydrogen) atoms. The van der Waals surface area contributed by atoms with Crippen LogP contribution in [-0.2, 0) is 7.05 Å². The van der Waals surface area contributed by atoms with Crippen LogP contribution in [-0.4, -0.2) is 39.6 Å². The zero-order valence-electron chi connectivity index (χ0n) is 21.6. The Morgan fingerprint density at radius 1 is 1.00 bits per heavy atom. The minimum absolute atomic E-state index is 0.0166. The maximum absolute atomic E-state index is 12.9. The first-order chi connectivity index (χ1) is 18.3. The summed E-state index contributed by atoms with van der Waals surface area (Å²) < 4.78 is 1.59. The Bertz CT molecular complexity index is 1510. The van der Waals surface area contributed by atoms with Crippen LogP contribution >= 0.6 is 23.2 Å². The van der Waals surface area contributed by atoms with Gasteiger partial charge in [0.1, 0.15) is 0 Å². The van der Waals surface area contributed by atoms with E-state index in [9.17, 15) is 4.79 Å². The van der Waals surface area contributed by atoms with Crippen molar-refractivity contribution in [2.75, 3.05) is 18.0 Å². The van der Waals surface area contributed by atoms with Gasteiger partial charge < -0.3 is 14.3 Å². The van der Waals surface area contributed by atoms with E-state index in [1.165, 1.54) is 0 Å². The first kappa shape index (κ1) is 26.2. The van der Waals surface area contributed by atoms with Crippen LogP contribution in [0, 0.1) is 6.57 Å². The van der Waals surface area contributed by atoms with E-state index >= 15 is 0 Å². The molecule has 5 rings (SSSR count). The lowest BCUT2D eigenvalue weighted by Crippen LogP contribution is -2.58. The lowest BCUT2D eigenvalue weighted by atomic mass is 9.92. The number of nitrogens with zero attached hydrogens (tertiary/aromatic N) is 5. The van der Waals surface area contributed by atoms with E-state index < -0.39 is 0 Å². The Labute approximate surface area is 232 Å². The molecule has 0 unspecified atom stereocenters. The second-order valence-electron chi connectivity index (χ2n) is 9.84. The van der Waals surface area contributed by atoms with E-state index in [0.29, 0.717) is 27.9 Å². The quantitative estimate of drug-likeness (QED) is 0.257. The number of benzene rings is 2. The molecule has 0 radical (unpaired) electrons. The highest BCUT2D eigenvalue weighted by Gasteiger charge is 2.37. The van der Waals surface area contributed by atoms with Crippen molar-refractivity contribution in [2.24, 2.45) is 7.05 Å². The normalized spacial score (nSPS) is 18.2. The predicted octanol–water partition coefficient (Wildman–Crippen LogP) is 6.87. The Morgan fingerprint density at radius 2 is 1.61 bits per heavy atom. The summed E-state index contributed by atoms with van der Waals surface area (Å²) in [7, 11) is 1.74. The molecule has 194 valence electrons. The largest absolute Gasteiger partial charge is 0.362 e. The molecular formula is C30H29Cl2N5O. The zero-order valence-corrected chi connectivity index (χ0v) is 23.1. The highest BCUT2D eigenvalue weighted by molar-refractivity contribution is 6.30. The molecule has 1 saturated heterocycles. The number of hydrogen-bond acceptors (Lipinski definition) is 4. The molecule has 0 aliphatic carbocycles. The van der Waals surface area contributed by atoms with Crippen LogP contribution in [0.5, 0.6) is 0 Å². The molecule has 1 aliphatic heterocycles. The number of rotatable bonds is 5. The number of piperazine rings is 1. The second kappa shape index (κ2) is 10.8. The number of aryl methyl sites for hydroxylation is 1. The third-order valence-corrected chi connectivity index (χ3v) is 8.05. The van der Waals surface area contributed by atoms with Gasteiger partial charge in [-0.05, 0) is 60.9 Å². The molecule has 0 saturated carbocycles. The average Bonchev–Trinajstić information content (AvgIpc) is 2.93. The van der Waals surface area contributed by atoms with Gasteiger partial charge >= 0.3 is 0 Å². The van der Waals surface area contributed by atoms with Crippen molar-refractivity contribution in [2.45, 2.75) is 38.4 Å². The van der Waals surface area contributed by atoms with Gasteiger partial charge in [-0.15, -0.1) is 4.98 Å². The maximum atomic E-state index is 12.9. The molecule has 3 heterocycles. The van der Waals surface area contributed by atoms with Gasteiger partial charge in [-0.3, -0.25) is 9.69 Å². The SMILES string of the molecule is [C-]#[N+]c1ccc2c(n1)c(N1C[C@@H](C)N(C(c3ccc(Cl)cc3)c3ccc(Cl)cc3)C[C@@H]1CC)cc(=O)n2C. The van der Waals surface area contributed by atoms with Crippen LogP contribution in [0.15, 0.2) is 71.5 Å². The molecule has 0 bridgehead atoms. The minimum atomic E-state index is -0.0880. The van der Waals surface area contributed by atoms with E-state index in [0.717, 1.165) is 35.3 Å². The monoisotopic (exact) mass is 545 g/mol. The van der Waals surface area contributed by atoms with Crippen molar-refractivity contribution in [3.05, 3.63) is 110 Å². The van der Waals surface area contributed by atoms with Crippen LogP contribution in [0.3, 0.4) is 0 Å². The van der Waals surface area contributed by atoms with Crippen LogP contribution in [0.4, 0.5) is 11.5 Å². The predicted molar refractivity (Wildman–Crippen MR) is 156 cm³/mol. The molecule has 1 aliphatic rings. The zero-order chi connectivity index (χ0) is 27.0. The summed E-state index contributed by atoms with van der Waals surface area (Å²) in [5.74, 6) is 0.322. The fraction of sp³-hybridized carbons (Fsp3) is 0.300. The van der Waals surface area contributed by atoms with Gasteiger partial charge in [0.15, 0.2) is 0 Å². The van der Waals surface area contributed by atoms with Crippen molar-refractivity contribution < 1.29 is 0 Å². The van der Waals surface area contributed by atoms with Crippen molar-refractivity contribution in [1.29, 1.82) is 0 Å². The second-order valence-corrected chi connectivity index (χ2v) is 10.7. The Morgan fingerprint density at radius 3 is 2.16 bits per heavy atom. The van der Waals surface area contributed by atoms with E-state index in [2.05, 4.69) is 57.7 Å². The lowest BCUT2D eigenvalue weighted by Gasteiger charge is -2.49. The third kappa shape index (κ3) is 4.90. The fourth-order valence-corrected chi connectivity index (χ4v) is 5.77. The summed E-state index contributed by atoms with van der Waals surface area (Å²) in [6.45, 7) is 13.3. The Hall–Kier alpha value is -3.37. The molecule has 6 nitrogen and oxygen atoms in total. The molecule has 0 spiro atoms. The fourth-order valence-electron chi connectivity index (χ4n) is 5.51. The maximum Gasteiger partial charge on any atom is 0.270 e. The van der Waals surface area contributed by atoms with Crippen molar-refractivity contribution in [1.82, 2.24) is 14.5 Å². The summed E-state index contributed by atoms with van der Waals surface area (Å²) in [5.41, 5.74) is 4.44. The number of hydrogen-bond donors (Lipinski definition) is 0. The third-order valence-electron chi connectivity index (χ3n) is 7.54. The summed E-state index contributed by atoms with van der Waals surface area (Å²) in [4.78, 5) is 25.9. The summed E-state index contributed by atoms with van der Waals surface area (Å²) >= 11 is 12.5. The lowest BCUT2D eigenvalue weighted by molar-refractivity contribution is 0.124. The van der Waals surface area contributed by atoms with Crippen molar-refractivity contribution in [3.8, 4) is 0 Å². The standard InChI is InChI=1S/C30H29Cl2N5O/c1-5-24-18-36(30(20-6-10-22(31)11-7-20)21-8-12-23(32)13-9-21)19(2)17-37(24)26-16-28(38)35(4)25-14-15-27(33-3)34-29(25)26/h6-16,19,24,30H,5,17-18H2,1-2,4H3/t19-,24+/m1/s1.